The van der Waals surface area contributed by atoms with Crippen LogP contribution in [-0.4, -0.2) is 28.1 Å². The summed E-state index contributed by atoms with van der Waals surface area (Å²) in [5.41, 5.74) is -5.76. The Hall–Kier alpha value is -1.90. The monoisotopic (exact) mass is 408 g/mol. The second-order valence-electron chi connectivity index (χ2n) is 6.80. The summed E-state index contributed by atoms with van der Waals surface area (Å²) in [5, 5.41) is 0. The highest BCUT2D eigenvalue weighted by molar-refractivity contribution is 7.87. The number of hydrogen-bond donors (Lipinski definition) is 0. The van der Waals surface area contributed by atoms with Gasteiger partial charge < -0.3 is 13.7 Å². The van der Waals surface area contributed by atoms with Crippen molar-refractivity contribution in [1.29, 1.82) is 0 Å². The molecule has 0 spiro atoms. The number of allylic oxidation sites excluding steroid dienone is 2. The summed E-state index contributed by atoms with van der Waals surface area (Å²) in [6, 6.07) is 5.12. The van der Waals surface area contributed by atoms with Crippen LogP contribution in [0.5, 0.6) is 11.5 Å². The summed E-state index contributed by atoms with van der Waals surface area (Å²) in [6.07, 6.45) is 2.79. The summed E-state index contributed by atoms with van der Waals surface area (Å²) < 4.78 is 76.7. The molecule has 0 saturated heterocycles. The summed E-state index contributed by atoms with van der Waals surface area (Å²) in [6.45, 7) is 3.57. The lowest BCUT2D eigenvalue weighted by Crippen LogP contribution is -2.37. The molecule has 0 amide bonds. The van der Waals surface area contributed by atoms with E-state index < -0.39 is 21.0 Å². The molecule has 1 aromatic carbocycles. The molecule has 0 N–H and O–H groups in total. The van der Waals surface area contributed by atoms with E-state index >= 15 is 0 Å². The van der Waals surface area contributed by atoms with Gasteiger partial charge in [0.1, 0.15) is 17.3 Å². The Bertz CT molecular complexity index is 817. The van der Waals surface area contributed by atoms with Gasteiger partial charge in [-0.05, 0) is 55.0 Å². The minimum absolute atomic E-state index is 0.114. The minimum Gasteiger partial charge on any atom is -0.497 e. The maximum Gasteiger partial charge on any atom is 0.534 e. The van der Waals surface area contributed by atoms with Crippen molar-refractivity contribution >= 4 is 10.1 Å². The van der Waals surface area contributed by atoms with E-state index in [0.717, 1.165) is 0 Å². The Morgan fingerprint density at radius 2 is 1.89 bits per heavy atom. The van der Waals surface area contributed by atoms with Crippen LogP contribution in [0.2, 0.25) is 0 Å². The Morgan fingerprint density at radius 3 is 2.44 bits per heavy atom. The van der Waals surface area contributed by atoms with E-state index in [1.54, 1.807) is 25.1 Å². The van der Waals surface area contributed by atoms with Crippen molar-refractivity contribution in [2.45, 2.75) is 38.6 Å². The van der Waals surface area contributed by atoms with Crippen molar-refractivity contribution in [2.24, 2.45) is 11.3 Å². The van der Waals surface area contributed by atoms with Crippen molar-refractivity contribution < 1.29 is 35.2 Å². The second-order valence-corrected chi connectivity index (χ2v) is 8.34. The minimum atomic E-state index is -5.74. The van der Waals surface area contributed by atoms with Gasteiger partial charge in [-0.15, -0.1) is 0 Å². The highest BCUT2D eigenvalue weighted by Crippen LogP contribution is 2.48. The molecule has 0 aliphatic heterocycles. The molecule has 2 unspecified atom stereocenters. The summed E-state index contributed by atoms with van der Waals surface area (Å²) in [7, 11) is -2.75. The van der Waals surface area contributed by atoms with Crippen LogP contribution < -0.4 is 9.47 Å². The van der Waals surface area contributed by atoms with Gasteiger partial charge in [-0.1, -0.05) is 13.8 Å². The van der Waals surface area contributed by atoms with E-state index in [2.05, 4.69) is 4.18 Å². The maximum absolute atomic E-state index is 12.8. The Kier molecular flexibility index (Phi) is 6.03. The highest BCUT2D eigenvalue weighted by atomic mass is 32.2. The number of halogens is 3. The van der Waals surface area contributed by atoms with Gasteiger partial charge in [-0.25, -0.2) is 0 Å². The predicted octanol–water partition coefficient (Wildman–Crippen LogP) is 4.43. The normalized spacial score (nSPS) is 23.5. The van der Waals surface area contributed by atoms with E-state index in [1.165, 1.54) is 20.3 Å². The Morgan fingerprint density at radius 1 is 1.22 bits per heavy atom. The van der Waals surface area contributed by atoms with Crippen LogP contribution in [0.1, 0.15) is 32.3 Å². The van der Waals surface area contributed by atoms with Gasteiger partial charge in [0.15, 0.2) is 0 Å². The molecule has 0 heterocycles. The molecular formula is C18H23F3O5S. The number of methoxy groups -OCH3 is 2. The van der Waals surface area contributed by atoms with E-state index in [0.29, 0.717) is 29.9 Å². The smallest absolute Gasteiger partial charge is 0.497 e. The summed E-state index contributed by atoms with van der Waals surface area (Å²) in [4.78, 5) is 0. The average molecular weight is 408 g/mol. The molecule has 5 nitrogen and oxygen atoms in total. The topological polar surface area (TPSA) is 61.8 Å². The molecule has 2 atom stereocenters. The molecule has 9 heteroatoms. The Balaban J connectivity index is 2.45. The van der Waals surface area contributed by atoms with Gasteiger partial charge in [0, 0.05) is 5.41 Å². The maximum atomic E-state index is 12.8. The lowest BCUT2D eigenvalue weighted by molar-refractivity contribution is -0.0540. The molecule has 0 aromatic heterocycles. The van der Waals surface area contributed by atoms with Crippen LogP contribution >= 0.6 is 0 Å². The third-order valence-electron chi connectivity index (χ3n) is 5.11. The predicted molar refractivity (Wildman–Crippen MR) is 93.9 cm³/mol. The lowest BCUT2D eigenvalue weighted by Gasteiger charge is -2.40. The highest BCUT2D eigenvalue weighted by Gasteiger charge is 2.51. The van der Waals surface area contributed by atoms with Gasteiger partial charge in [0.2, 0.25) is 0 Å². The molecule has 0 radical (unpaired) electrons. The van der Waals surface area contributed by atoms with Crippen LogP contribution in [0.15, 0.2) is 30.0 Å². The van der Waals surface area contributed by atoms with Crippen molar-refractivity contribution in [3.05, 3.63) is 35.6 Å². The Labute approximate surface area is 157 Å². The molecule has 1 aromatic rings. The largest absolute Gasteiger partial charge is 0.534 e. The first-order valence-corrected chi connectivity index (χ1v) is 9.77. The summed E-state index contributed by atoms with van der Waals surface area (Å²) >= 11 is 0. The SMILES string of the molecule is COc1ccc(OC)c(CC2(C)C(OS(=O)(=O)C(F)(F)F)=CCCC2C)c1. The zero-order chi connectivity index (χ0) is 20.5. The van der Waals surface area contributed by atoms with Gasteiger partial charge in [-0.2, -0.15) is 21.6 Å². The molecular weight excluding hydrogens is 385 g/mol. The number of rotatable bonds is 6. The van der Waals surface area contributed by atoms with Crippen LogP contribution in [0.3, 0.4) is 0 Å². The van der Waals surface area contributed by atoms with Crippen molar-refractivity contribution in [3.63, 3.8) is 0 Å². The molecule has 152 valence electrons. The number of alkyl halides is 3. The van der Waals surface area contributed by atoms with Crippen LogP contribution in [0.4, 0.5) is 13.2 Å². The van der Waals surface area contributed by atoms with E-state index in [9.17, 15) is 21.6 Å². The second kappa shape index (κ2) is 7.61. The molecule has 0 fully saturated rings. The molecule has 1 aliphatic carbocycles. The molecule has 0 bridgehead atoms. The van der Waals surface area contributed by atoms with Gasteiger partial charge in [0.05, 0.1) is 14.2 Å². The molecule has 1 aliphatic rings. The molecule has 27 heavy (non-hydrogen) atoms. The number of ether oxygens (including phenoxy) is 2. The van der Waals surface area contributed by atoms with Crippen molar-refractivity contribution in [3.8, 4) is 11.5 Å². The quantitative estimate of drug-likeness (QED) is 0.515. The first-order valence-electron chi connectivity index (χ1n) is 8.37. The fraction of sp³-hybridized carbons (Fsp3) is 0.556. The third-order valence-corrected chi connectivity index (χ3v) is 6.07. The zero-order valence-electron chi connectivity index (χ0n) is 15.6. The van der Waals surface area contributed by atoms with Crippen LogP contribution in [0.25, 0.3) is 0 Å². The fourth-order valence-electron chi connectivity index (χ4n) is 3.23. The summed E-state index contributed by atoms with van der Waals surface area (Å²) in [5.74, 6) is 0.792. The number of hydrogen-bond acceptors (Lipinski definition) is 5. The first kappa shape index (κ1) is 21.4. The average Bonchev–Trinajstić information content (AvgIpc) is 2.58. The molecule has 0 saturated carbocycles. The van der Waals surface area contributed by atoms with Gasteiger partial charge in [0.25, 0.3) is 0 Å². The zero-order valence-corrected chi connectivity index (χ0v) is 16.4. The van der Waals surface area contributed by atoms with Crippen molar-refractivity contribution in [1.82, 2.24) is 0 Å². The standard InChI is InChI=1S/C18H23F3O5S/c1-12-6-5-7-16(26-27(22,23)18(19,20)21)17(12,2)11-13-10-14(24-3)8-9-15(13)25-4/h7-10,12H,5-6,11H2,1-4H3. The fourth-order valence-corrected chi connectivity index (χ4v) is 3.82. The van der Waals surface area contributed by atoms with E-state index in [4.69, 9.17) is 9.47 Å². The van der Waals surface area contributed by atoms with E-state index in [1.807, 2.05) is 6.92 Å². The van der Waals surface area contributed by atoms with Crippen LogP contribution in [0, 0.1) is 11.3 Å². The van der Waals surface area contributed by atoms with Gasteiger partial charge in [-0.3, -0.25) is 0 Å². The lowest BCUT2D eigenvalue weighted by atomic mass is 9.67. The van der Waals surface area contributed by atoms with E-state index in [-0.39, 0.29) is 18.1 Å². The first-order chi connectivity index (χ1) is 12.4. The van der Waals surface area contributed by atoms with Crippen molar-refractivity contribution in [2.75, 3.05) is 14.2 Å². The third kappa shape index (κ3) is 4.34. The molecule has 2 rings (SSSR count). The number of benzene rings is 1. The van der Waals surface area contributed by atoms with Crippen LogP contribution in [-0.2, 0) is 20.7 Å². The van der Waals surface area contributed by atoms with Gasteiger partial charge >= 0.3 is 15.6 Å².